The van der Waals surface area contributed by atoms with Crippen LogP contribution in [0, 0.1) is 0 Å². The Bertz CT molecular complexity index is 1570. The minimum Gasteiger partial charge on any atom is -0.406 e. The minimum atomic E-state index is -4.86. The van der Waals surface area contributed by atoms with Gasteiger partial charge in [0, 0.05) is 11.6 Å². The lowest BCUT2D eigenvalue weighted by atomic mass is 10.0. The van der Waals surface area contributed by atoms with E-state index in [1.165, 1.54) is 42.8 Å². The van der Waals surface area contributed by atoms with E-state index in [-0.39, 0.29) is 22.6 Å². The number of carbonyl (C=O) groups is 1. The van der Waals surface area contributed by atoms with E-state index in [1.807, 2.05) is 0 Å². The number of ether oxygens (including phenoxy) is 1. The van der Waals surface area contributed by atoms with Crippen molar-refractivity contribution in [3.05, 3.63) is 87.6 Å². The molecule has 0 spiro atoms. The second-order valence-corrected chi connectivity index (χ2v) is 8.30. The molecular weight excluding hydrogens is 479 g/mol. The van der Waals surface area contributed by atoms with Crippen LogP contribution in [0.15, 0.2) is 76.4 Å². The number of alkyl halides is 3. The van der Waals surface area contributed by atoms with Crippen LogP contribution in [-0.2, 0) is 10.3 Å². The zero-order valence-electron chi connectivity index (χ0n) is 19.0. The molecule has 0 fully saturated rings. The van der Waals surface area contributed by atoms with Crippen LogP contribution in [0.3, 0.4) is 0 Å². The molecule has 186 valence electrons. The lowest BCUT2D eigenvalue weighted by molar-refractivity contribution is -0.274. The van der Waals surface area contributed by atoms with Crippen molar-refractivity contribution in [1.29, 1.82) is 0 Å². The Morgan fingerprint density at radius 3 is 2.19 bits per heavy atom. The normalized spacial score (nSPS) is 11.9. The molecule has 0 radical (unpaired) electrons. The van der Waals surface area contributed by atoms with Crippen LogP contribution >= 0.6 is 0 Å². The molecule has 0 saturated heterocycles. The van der Waals surface area contributed by atoms with Crippen molar-refractivity contribution in [2.45, 2.75) is 25.7 Å². The topological polar surface area (TPSA) is 121 Å². The number of rotatable bonds is 6. The largest absolute Gasteiger partial charge is 0.573 e. The Balaban J connectivity index is 1.83. The molecule has 0 atom stereocenters. The summed E-state index contributed by atoms with van der Waals surface area (Å²) in [5, 5.41) is 7.90. The lowest BCUT2D eigenvalue weighted by Gasteiger charge is -2.24. The van der Waals surface area contributed by atoms with E-state index in [4.69, 9.17) is 5.73 Å². The van der Waals surface area contributed by atoms with Gasteiger partial charge in [-0.1, -0.05) is 18.2 Å². The number of nitrogens with zero attached hydrogens (tertiary/aromatic N) is 3. The number of aromatic nitrogens is 3. The predicted octanol–water partition coefficient (Wildman–Crippen LogP) is 3.41. The monoisotopic (exact) mass is 499 g/mol. The number of nitrogens with one attached hydrogen (secondary N) is 1. The third-order valence-electron chi connectivity index (χ3n) is 5.53. The quantitative estimate of drug-likeness (QED) is 0.420. The molecule has 9 nitrogen and oxygen atoms in total. The highest BCUT2D eigenvalue weighted by Crippen LogP contribution is 2.25. The van der Waals surface area contributed by atoms with Crippen LogP contribution in [0.2, 0.25) is 0 Å². The van der Waals surface area contributed by atoms with Crippen molar-refractivity contribution >= 4 is 28.2 Å². The van der Waals surface area contributed by atoms with E-state index >= 15 is 0 Å². The number of carbonyl (C=O) groups excluding carboxylic acids is 1. The van der Waals surface area contributed by atoms with Crippen molar-refractivity contribution in [2.24, 2.45) is 5.73 Å². The smallest absolute Gasteiger partial charge is 0.406 e. The third-order valence-corrected chi connectivity index (χ3v) is 5.53. The molecule has 3 N–H and O–H groups in total. The summed E-state index contributed by atoms with van der Waals surface area (Å²) < 4.78 is 43.5. The molecule has 12 heteroatoms. The number of fused-ring (bicyclic) bond motifs is 1. The summed E-state index contributed by atoms with van der Waals surface area (Å²) in [7, 11) is 0. The van der Waals surface area contributed by atoms with Crippen LogP contribution in [0.25, 0.3) is 16.5 Å². The zero-order valence-corrected chi connectivity index (χ0v) is 19.0. The summed E-state index contributed by atoms with van der Waals surface area (Å²) in [6.07, 6.45) is -3.43. The maximum atomic E-state index is 13.1. The van der Waals surface area contributed by atoms with Gasteiger partial charge in [-0.15, -0.1) is 18.3 Å². The summed E-state index contributed by atoms with van der Waals surface area (Å²) in [6.45, 7) is 3.00. The second-order valence-electron chi connectivity index (χ2n) is 8.30. The molecule has 1 amide bonds. The van der Waals surface area contributed by atoms with Gasteiger partial charge in [0.2, 0.25) is 5.91 Å². The molecule has 0 unspecified atom stereocenters. The fourth-order valence-electron chi connectivity index (χ4n) is 3.52. The maximum Gasteiger partial charge on any atom is 0.573 e. The van der Waals surface area contributed by atoms with Gasteiger partial charge in [0.1, 0.15) is 17.0 Å². The van der Waals surface area contributed by atoms with Crippen LogP contribution in [-0.4, -0.2) is 26.6 Å². The molecule has 0 saturated carbocycles. The Hall–Kier alpha value is -4.61. The van der Waals surface area contributed by atoms with E-state index in [2.05, 4.69) is 15.2 Å². The molecule has 0 aliphatic carbocycles. The van der Waals surface area contributed by atoms with Crippen LogP contribution in [0.4, 0.5) is 24.7 Å². The first-order chi connectivity index (χ1) is 16.9. The molecule has 2 aromatic heterocycles. The standard InChI is InChI=1S/C24H20F3N5O4/c1-23(2,22(28)35)31-13-5-8-18(21(31)34)29-19-16-6-3-4-7-17(16)20(33)32(30-19)14-9-11-15(12-10-14)36-24(25,26)27/h3-13H,1-2H3,(H2,28,35)(H,29,30). The van der Waals surface area contributed by atoms with E-state index in [1.54, 1.807) is 30.3 Å². The molecule has 0 bridgehead atoms. The van der Waals surface area contributed by atoms with Gasteiger partial charge in [-0.05, 0) is 56.3 Å². The number of pyridine rings is 1. The number of halogens is 3. The number of nitrogens with two attached hydrogens (primary N) is 1. The first-order valence-electron chi connectivity index (χ1n) is 10.6. The molecule has 36 heavy (non-hydrogen) atoms. The third kappa shape index (κ3) is 4.65. The number of primary amides is 1. The van der Waals surface area contributed by atoms with E-state index in [0.717, 1.165) is 16.8 Å². The maximum absolute atomic E-state index is 13.1. The number of anilines is 2. The summed E-state index contributed by atoms with van der Waals surface area (Å²) >= 11 is 0. The van der Waals surface area contributed by atoms with Gasteiger partial charge < -0.3 is 15.8 Å². The van der Waals surface area contributed by atoms with E-state index < -0.39 is 34.7 Å². The number of amides is 1. The highest BCUT2D eigenvalue weighted by Gasteiger charge is 2.31. The average Bonchev–Trinajstić information content (AvgIpc) is 2.81. The summed E-state index contributed by atoms with van der Waals surface area (Å²) in [6, 6.07) is 14.1. The number of hydrogen-bond donors (Lipinski definition) is 2. The Kier molecular flexibility index (Phi) is 6.04. The highest BCUT2D eigenvalue weighted by atomic mass is 19.4. The first kappa shape index (κ1) is 24.5. The van der Waals surface area contributed by atoms with Crippen molar-refractivity contribution < 1.29 is 22.7 Å². The first-order valence-corrected chi connectivity index (χ1v) is 10.6. The number of hydrogen-bond acceptors (Lipinski definition) is 6. The van der Waals surface area contributed by atoms with Gasteiger partial charge in [0.25, 0.3) is 11.1 Å². The van der Waals surface area contributed by atoms with Crippen molar-refractivity contribution in [3.8, 4) is 11.4 Å². The summed E-state index contributed by atoms with van der Waals surface area (Å²) in [5.41, 5.74) is 3.28. The average molecular weight is 499 g/mol. The fourth-order valence-corrected chi connectivity index (χ4v) is 3.52. The van der Waals surface area contributed by atoms with Crippen LogP contribution in [0.1, 0.15) is 13.8 Å². The van der Waals surface area contributed by atoms with Gasteiger partial charge in [-0.2, -0.15) is 4.68 Å². The van der Waals surface area contributed by atoms with E-state index in [0.29, 0.717) is 5.39 Å². The highest BCUT2D eigenvalue weighted by molar-refractivity contribution is 5.92. The zero-order chi connectivity index (χ0) is 26.3. The van der Waals surface area contributed by atoms with Crippen LogP contribution < -0.4 is 26.9 Å². The van der Waals surface area contributed by atoms with E-state index in [9.17, 15) is 27.6 Å². The Morgan fingerprint density at radius 2 is 1.58 bits per heavy atom. The van der Waals surface area contributed by atoms with Gasteiger partial charge in [-0.25, -0.2) is 0 Å². The van der Waals surface area contributed by atoms with Crippen LogP contribution in [0.5, 0.6) is 5.75 Å². The van der Waals surface area contributed by atoms with Gasteiger partial charge in [-0.3, -0.25) is 19.0 Å². The molecule has 2 aromatic carbocycles. The van der Waals surface area contributed by atoms with Crippen molar-refractivity contribution in [1.82, 2.24) is 14.3 Å². The lowest BCUT2D eigenvalue weighted by Crippen LogP contribution is -2.46. The predicted molar refractivity (Wildman–Crippen MR) is 127 cm³/mol. The second kappa shape index (κ2) is 8.87. The Morgan fingerprint density at radius 1 is 0.944 bits per heavy atom. The minimum absolute atomic E-state index is 0.0589. The molecule has 4 aromatic rings. The molecule has 2 heterocycles. The SMILES string of the molecule is CC(C)(C(N)=O)n1cccc(Nc2nn(-c3ccc(OC(F)(F)F)cc3)c(=O)c3ccccc23)c1=O. The fraction of sp³-hybridized carbons (Fsp3) is 0.167. The summed E-state index contributed by atoms with van der Waals surface area (Å²) in [5.74, 6) is -1.04. The van der Waals surface area contributed by atoms with Gasteiger partial charge in [0.05, 0.1) is 11.1 Å². The van der Waals surface area contributed by atoms with Crippen molar-refractivity contribution in [2.75, 3.05) is 5.32 Å². The molecule has 0 aliphatic heterocycles. The van der Waals surface area contributed by atoms with Crippen molar-refractivity contribution in [3.63, 3.8) is 0 Å². The number of benzene rings is 2. The molecular formula is C24H20F3N5O4. The molecule has 4 rings (SSSR count). The molecule has 0 aliphatic rings. The van der Waals surface area contributed by atoms with Gasteiger partial charge in [0.15, 0.2) is 5.82 Å². The Labute approximate surface area is 201 Å². The van der Waals surface area contributed by atoms with Gasteiger partial charge >= 0.3 is 6.36 Å². The summed E-state index contributed by atoms with van der Waals surface area (Å²) in [4.78, 5) is 38.1.